The molecule has 0 aliphatic heterocycles. The van der Waals surface area contributed by atoms with E-state index in [4.69, 9.17) is 17.3 Å². The zero-order valence-corrected chi connectivity index (χ0v) is 10.4. The molecule has 0 atom stereocenters. The monoisotopic (exact) mass is 245 g/mol. The number of aromatic nitrogens is 2. The van der Waals surface area contributed by atoms with Crippen LogP contribution in [0.4, 0.5) is 5.82 Å². The highest BCUT2D eigenvalue weighted by atomic mass is 35.5. The van der Waals surface area contributed by atoms with E-state index in [0.717, 1.165) is 32.5 Å². The molecule has 3 aromatic rings. The van der Waals surface area contributed by atoms with E-state index in [0.29, 0.717) is 5.82 Å². The summed E-state index contributed by atoms with van der Waals surface area (Å²) in [5.41, 5.74) is 8.96. The molecule has 2 aromatic heterocycles. The number of nitrogen functional groups attached to an aromatic ring is 1. The van der Waals surface area contributed by atoms with Gasteiger partial charge in [-0.25, -0.2) is 4.98 Å². The number of aryl methyl sites for hydroxylation is 2. The molecule has 0 saturated heterocycles. The summed E-state index contributed by atoms with van der Waals surface area (Å²) in [6, 6.07) is 7.80. The predicted octanol–water partition coefficient (Wildman–Crippen LogP) is 3.27. The van der Waals surface area contributed by atoms with Gasteiger partial charge in [-0.15, -0.1) is 0 Å². The summed E-state index contributed by atoms with van der Waals surface area (Å²) >= 11 is 6.04. The van der Waals surface area contributed by atoms with Gasteiger partial charge in [0.15, 0.2) is 0 Å². The van der Waals surface area contributed by atoms with E-state index in [1.54, 1.807) is 0 Å². The van der Waals surface area contributed by atoms with Gasteiger partial charge in [-0.1, -0.05) is 17.7 Å². The average Bonchev–Trinajstić information content (AvgIpc) is 2.52. The zero-order chi connectivity index (χ0) is 12.2. The minimum atomic E-state index is 0.553. The smallest absolute Gasteiger partial charge is 0.124 e. The third kappa shape index (κ3) is 1.39. The standard InChI is InChI=1S/C13H12ClN3/c1-7-13-10(6-12(15)16-7)9-4-3-8(14)5-11(9)17(13)2/h3-6H,1-2H3,(H2,15,16). The van der Waals surface area contributed by atoms with Crippen molar-refractivity contribution in [2.24, 2.45) is 7.05 Å². The predicted molar refractivity (Wildman–Crippen MR) is 72.4 cm³/mol. The number of fused-ring (bicyclic) bond motifs is 3. The first-order valence-corrected chi connectivity index (χ1v) is 5.76. The van der Waals surface area contributed by atoms with E-state index in [1.165, 1.54) is 0 Å². The molecule has 4 heteroatoms. The molecule has 2 heterocycles. The Kier molecular flexibility index (Phi) is 2.07. The molecule has 0 saturated carbocycles. The summed E-state index contributed by atoms with van der Waals surface area (Å²) in [6.07, 6.45) is 0. The van der Waals surface area contributed by atoms with Crippen LogP contribution in [0.1, 0.15) is 5.69 Å². The Morgan fingerprint density at radius 1 is 1.24 bits per heavy atom. The quantitative estimate of drug-likeness (QED) is 0.661. The molecule has 3 rings (SSSR count). The first-order valence-electron chi connectivity index (χ1n) is 5.38. The van der Waals surface area contributed by atoms with E-state index in [9.17, 15) is 0 Å². The summed E-state index contributed by atoms with van der Waals surface area (Å²) in [7, 11) is 2.02. The first kappa shape index (κ1) is 10.4. The van der Waals surface area contributed by atoms with Gasteiger partial charge < -0.3 is 10.3 Å². The lowest BCUT2D eigenvalue weighted by molar-refractivity contribution is 0.998. The molecule has 0 unspecified atom stereocenters. The molecule has 0 amide bonds. The van der Waals surface area contributed by atoms with E-state index in [1.807, 2.05) is 38.2 Å². The van der Waals surface area contributed by atoms with Crippen LogP contribution in [0.15, 0.2) is 24.3 Å². The second kappa shape index (κ2) is 3.37. The van der Waals surface area contributed by atoms with Crippen LogP contribution in [0.2, 0.25) is 5.02 Å². The van der Waals surface area contributed by atoms with Crippen LogP contribution in [0, 0.1) is 6.92 Å². The maximum atomic E-state index is 6.04. The minimum Gasteiger partial charge on any atom is -0.384 e. The van der Waals surface area contributed by atoms with Crippen LogP contribution in [0.5, 0.6) is 0 Å². The second-order valence-electron chi connectivity index (χ2n) is 4.25. The van der Waals surface area contributed by atoms with Gasteiger partial charge in [0, 0.05) is 22.8 Å². The van der Waals surface area contributed by atoms with Crippen LogP contribution in [-0.2, 0) is 7.05 Å². The van der Waals surface area contributed by atoms with Crippen molar-refractivity contribution in [2.75, 3.05) is 5.73 Å². The maximum absolute atomic E-state index is 6.04. The van der Waals surface area contributed by atoms with Gasteiger partial charge in [-0.3, -0.25) is 0 Å². The van der Waals surface area contributed by atoms with Gasteiger partial charge in [0.25, 0.3) is 0 Å². The minimum absolute atomic E-state index is 0.553. The number of halogens is 1. The van der Waals surface area contributed by atoms with Crippen molar-refractivity contribution in [1.29, 1.82) is 0 Å². The summed E-state index contributed by atoms with van der Waals surface area (Å²) in [5, 5.41) is 3.02. The van der Waals surface area contributed by atoms with Crippen molar-refractivity contribution < 1.29 is 0 Å². The van der Waals surface area contributed by atoms with Crippen molar-refractivity contribution in [3.8, 4) is 0 Å². The molecule has 0 aliphatic rings. The Morgan fingerprint density at radius 3 is 2.76 bits per heavy atom. The van der Waals surface area contributed by atoms with Gasteiger partial charge >= 0.3 is 0 Å². The molecule has 0 radical (unpaired) electrons. The number of nitrogens with zero attached hydrogens (tertiary/aromatic N) is 2. The van der Waals surface area contributed by atoms with Crippen LogP contribution in [-0.4, -0.2) is 9.55 Å². The number of rotatable bonds is 0. The van der Waals surface area contributed by atoms with E-state index >= 15 is 0 Å². The third-order valence-electron chi connectivity index (χ3n) is 3.13. The number of benzene rings is 1. The van der Waals surface area contributed by atoms with Gasteiger partial charge in [0.2, 0.25) is 0 Å². The van der Waals surface area contributed by atoms with Crippen LogP contribution >= 0.6 is 11.6 Å². The Bertz CT molecular complexity index is 743. The molecule has 3 nitrogen and oxygen atoms in total. The number of hydrogen-bond acceptors (Lipinski definition) is 2. The van der Waals surface area contributed by atoms with E-state index < -0.39 is 0 Å². The Hall–Kier alpha value is -1.74. The second-order valence-corrected chi connectivity index (χ2v) is 4.69. The van der Waals surface area contributed by atoms with Crippen molar-refractivity contribution >= 4 is 39.2 Å². The van der Waals surface area contributed by atoms with Crippen LogP contribution < -0.4 is 5.73 Å². The Labute approximate surface area is 104 Å². The normalized spacial score (nSPS) is 11.5. The van der Waals surface area contributed by atoms with Gasteiger partial charge in [0.1, 0.15) is 5.82 Å². The highest BCUT2D eigenvalue weighted by Gasteiger charge is 2.11. The molecule has 0 bridgehead atoms. The Morgan fingerprint density at radius 2 is 2.00 bits per heavy atom. The van der Waals surface area contributed by atoms with Crippen molar-refractivity contribution in [2.45, 2.75) is 6.92 Å². The van der Waals surface area contributed by atoms with Crippen LogP contribution in [0.25, 0.3) is 21.8 Å². The number of nitrogens with two attached hydrogens (primary N) is 1. The summed E-state index contributed by atoms with van der Waals surface area (Å²) in [5.74, 6) is 0.553. The lowest BCUT2D eigenvalue weighted by Crippen LogP contribution is -1.95. The third-order valence-corrected chi connectivity index (χ3v) is 3.37. The van der Waals surface area contributed by atoms with Gasteiger partial charge in [0.05, 0.1) is 16.7 Å². The fraction of sp³-hybridized carbons (Fsp3) is 0.154. The molecular weight excluding hydrogens is 234 g/mol. The number of hydrogen-bond donors (Lipinski definition) is 1. The fourth-order valence-corrected chi connectivity index (χ4v) is 2.62. The summed E-state index contributed by atoms with van der Waals surface area (Å²) < 4.78 is 2.11. The maximum Gasteiger partial charge on any atom is 0.124 e. The van der Waals surface area contributed by atoms with E-state index in [2.05, 4.69) is 9.55 Å². The Balaban J connectivity index is 2.63. The number of pyridine rings is 1. The fourth-order valence-electron chi connectivity index (χ4n) is 2.45. The lowest BCUT2D eigenvalue weighted by atomic mass is 10.1. The highest BCUT2D eigenvalue weighted by Crippen LogP contribution is 2.32. The molecule has 17 heavy (non-hydrogen) atoms. The van der Waals surface area contributed by atoms with Gasteiger partial charge in [-0.05, 0) is 25.1 Å². The van der Waals surface area contributed by atoms with Crippen LogP contribution in [0.3, 0.4) is 0 Å². The molecule has 0 fully saturated rings. The lowest BCUT2D eigenvalue weighted by Gasteiger charge is -2.01. The van der Waals surface area contributed by atoms with Gasteiger partial charge in [-0.2, -0.15) is 0 Å². The number of anilines is 1. The van der Waals surface area contributed by atoms with Crippen molar-refractivity contribution in [3.63, 3.8) is 0 Å². The summed E-state index contributed by atoms with van der Waals surface area (Å²) in [4.78, 5) is 4.30. The largest absolute Gasteiger partial charge is 0.384 e. The molecule has 1 aromatic carbocycles. The van der Waals surface area contributed by atoms with Crippen molar-refractivity contribution in [3.05, 3.63) is 35.0 Å². The molecule has 0 aliphatic carbocycles. The van der Waals surface area contributed by atoms with Crippen molar-refractivity contribution in [1.82, 2.24) is 9.55 Å². The average molecular weight is 246 g/mol. The molecular formula is C13H12ClN3. The highest BCUT2D eigenvalue weighted by molar-refractivity contribution is 6.31. The molecule has 2 N–H and O–H groups in total. The summed E-state index contributed by atoms with van der Waals surface area (Å²) in [6.45, 7) is 1.97. The molecule has 86 valence electrons. The molecule has 0 spiro atoms. The first-order chi connectivity index (χ1) is 8.08. The zero-order valence-electron chi connectivity index (χ0n) is 9.66. The SMILES string of the molecule is Cc1nc(N)cc2c3ccc(Cl)cc3n(C)c12. The topological polar surface area (TPSA) is 43.8 Å². The van der Waals surface area contributed by atoms with E-state index in [-0.39, 0.29) is 0 Å².